The zero-order valence-corrected chi connectivity index (χ0v) is 13.1. The summed E-state index contributed by atoms with van der Waals surface area (Å²) in [6, 6.07) is 8.55. The summed E-state index contributed by atoms with van der Waals surface area (Å²) in [5.41, 5.74) is 1.74. The minimum atomic E-state index is -0.857. The highest BCUT2D eigenvalue weighted by Gasteiger charge is 2.14. The molecular formula is C14H11Cl2NO3S. The highest BCUT2D eigenvalue weighted by molar-refractivity contribution is 7.20. The maximum Gasteiger partial charge on any atom is 0.303 e. The Morgan fingerprint density at radius 1 is 1.24 bits per heavy atom. The van der Waals surface area contributed by atoms with Crippen LogP contribution in [0.1, 0.15) is 22.3 Å². The van der Waals surface area contributed by atoms with Gasteiger partial charge < -0.3 is 10.4 Å². The van der Waals surface area contributed by atoms with Crippen LogP contribution in [0.5, 0.6) is 0 Å². The van der Waals surface area contributed by atoms with Crippen molar-refractivity contribution >= 4 is 52.1 Å². The molecule has 1 aromatic carbocycles. The second-order valence-corrected chi connectivity index (χ2v) is 6.57. The molecule has 4 nitrogen and oxygen atoms in total. The summed E-state index contributed by atoms with van der Waals surface area (Å²) in [6.07, 6.45) is 0.452. The number of halogens is 2. The predicted molar refractivity (Wildman–Crippen MR) is 84.7 cm³/mol. The van der Waals surface area contributed by atoms with Crippen molar-refractivity contribution in [3.8, 4) is 0 Å². The molecule has 0 aliphatic rings. The average Bonchev–Trinajstić information content (AvgIpc) is 2.76. The van der Waals surface area contributed by atoms with Crippen molar-refractivity contribution in [1.29, 1.82) is 0 Å². The van der Waals surface area contributed by atoms with Gasteiger partial charge in [-0.05, 0) is 30.2 Å². The molecular weight excluding hydrogens is 333 g/mol. The highest BCUT2D eigenvalue weighted by atomic mass is 35.5. The quantitative estimate of drug-likeness (QED) is 0.849. The van der Waals surface area contributed by atoms with Crippen LogP contribution in [0.3, 0.4) is 0 Å². The normalized spacial score (nSPS) is 10.4. The van der Waals surface area contributed by atoms with Gasteiger partial charge in [-0.1, -0.05) is 35.3 Å². The monoisotopic (exact) mass is 343 g/mol. The SMILES string of the molecule is O=C(O)CCc1cccc(NC(=O)c2cc(Cl)sc2Cl)c1. The molecule has 2 rings (SSSR count). The van der Waals surface area contributed by atoms with E-state index >= 15 is 0 Å². The van der Waals surface area contributed by atoms with Gasteiger partial charge in [0.15, 0.2) is 0 Å². The molecule has 0 spiro atoms. The van der Waals surface area contributed by atoms with Crippen LogP contribution in [-0.2, 0) is 11.2 Å². The van der Waals surface area contributed by atoms with Crippen LogP contribution in [0.15, 0.2) is 30.3 Å². The molecule has 0 aliphatic carbocycles. The molecule has 0 aliphatic heterocycles. The second kappa shape index (κ2) is 6.93. The molecule has 1 heterocycles. The van der Waals surface area contributed by atoms with Gasteiger partial charge in [0, 0.05) is 12.1 Å². The van der Waals surface area contributed by atoms with Crippen molar-refractivity contribution in [2.24, 2.45) is 0 Å². The van der Waals surface area contributed by atoms with E-state index in [-0.39, 0.29) is 12.3 Å². The lowest BCUT2D eigenvalue weighted by Gasteiger charge is -2.06. The standard InChI is InChI=1S/C14H11Cl2NO3S/c15-11-7-10(13(16)21-11)14(20)17-9-3-1-2-8(6-9)4-5-12(18)19/h1-3,6-7H,4-5H2,(H,17,20)(H,18,19). The van der Waals surface area contributed by atoms with Crippen molar-refractivity contribution in [3.05, 3.63) is 50.1 Å². The van der Waals surface area contributed by atoms with Crippen molar-refractivity contribution in [3.63, 3.8) is 0 Å². The summed E-state index contributed by atoms with van der Waals surface area (Å²) < 4.78 is 0.778. The lowest BCUT2D eigenvalue weighted by Crippen LogP contribution is -2.11. The predicted octanol–water partition coefficient (Wildman–Crippen LogP) is 4.32. The van der Waals surface area contributed by atoms with Crippen molar-refractivity contribution in [2.45, 2.75) is 12.8 Å². The number of thiophene rings is 1. The van der Waals surface area contributed by atoms with Crippen LogP contribution >= 0.6 is 34.5 Å². The largest absolute Gasteiger partial charge is 0.481 e. The lowest BCUT2D eigenvalue weighted by molar-refractivity contribution is -0.136. The molecule has 0 radical (unpaired) electrons. The van der Waals surface area contributed by atoms with Gasteiger partial charge in [0.05, 0.1) is 9.90 Å². The van der Waals surface area contributed by atoms with E-state index in [9.17, 15) is 9.59 Å². The van der Waals surface area contributed by atoms with Crippen molar-refractivity contribution < 1.29 is 14.7 Å². The number of carboxylic acids is 1. The number of hydrogen-bond donors (Lipinski definition) is 2. The number of rotatable bonds is 5. The van der Waals surface area contributed by atoms with Gasteiger partial charge in [-0.2, -0.15) is 0 Å². The maximum absolute atomic E-state index is 12.1. The van der Waals surface area contributed by atoms with E-state index in [1.54, 1.807) is 18.2 Å². The Morgan fingerprint density at radius 3 is 2.62 bits per heavy atom. The first kappa shape index (κ1) is 15.8. The number of carbonyl (C=O) groups is 2. The van der Waals surface area contributed by atoms with Gasteiger partial charge in [0.25, 0.3) is 5.91 Å². The van der Waals surface area contributed by atoms with E-state index in [4.69, 9.17) is 28.3 Å². The Hall–Kier alpha value is -1.56. The first-order chi connectivity index (χ1) is 9.95. The van der Waals surface area contributed by atoms with Crippen LogP contribution in [0.25, 0.3) is 0 Å². The fourth-order valence-corrected chi connectivity index (χ4v) is 3.21. The lowest BCUT2D eigenvalue weighted by atomic mass is 10.1. The van der Waals surface area contributed by atoms with Gasteiger partial charge >= 0.3 is 5.97 Å². The summed E-state index contributed by atoms with van der Waals surface area (Å²) >= 11 is 12.9. The highest BCUT2D eigenvalue weighted by Crippen LogP contribution is 2.31. The van der Waals surface area contributed by atoms with E-state index in [1.165, 1.54) is 6.07 Å². The number of hydrogen-bond acceptors (Lipinski definition) is 3. The number of aliphatic carboxylic acids is 1. The molecule has 1 amide bonds. The van der Waals surface area contributed by atoms with Crippen LogP contribution in [0.4, 0.5) is 5.69 Å². The molecule has 7 heteroatoms. The zero-order valence-electron chi connectivity index (χ0n) is 10.7. The molecule has 0 atom stereocenters. The molecule has 0 saturated heterocycles. The van der Waals surface area contributed by atoms with Gasteiger partial charge in [-0.25, -0.2) is 0 Å². The molecule has 2 N–H and O–H groups in total. The Balaban J connectivity index is 2.09. The fraction of sp³-hybridized carbons (Fsp3) is 0.143. The first-order valence-electron chi connectivity index (χ1n) is 6.02. The second-order valence-electron chi connectivity index (χ2n) is 4.29. The summed E-state index contributed by atoms with van der Waals surface area (Å²) in [6.45, 7) is 0. The van der Waals surface area contributed by atoms with Crippen LogP contribution in [0, 0.1) is 0 Å². The number of amides is 1. The summed E-state index contributed by atoms with van der Waals surface area (Å²) in [7, 11) is 0. The molecule has 110 valence electrons. The number of carboxylic acid groups (broad SMARTS) is 1. The van der Waals surface area contributed by atoms with Crippen LogP contribution in [-0.4, -0.2) is 17.0 Å². The molecule has 2 aromatic rings. The number of carbonyl (C=O) groups excluding carboxylic acids is 1. The Bertz CT molecular complexity index is 685. The molecule has 21 heavy (non-hydrogen) atoms. The third-order valence-electron chi connectivity index (χ3n) is 2.71. The smallest absolute Gasteiger partial charge is 0.303 e. The van der Waals surface area contributed by atoms with E-state index in [0.29, 0.717) is 26.3 Å². The van der Waals surface area contributed by atoms with E-state index < -0.39 is 5.97 Å². The van der Waals surface area contributed by atoms with E-state index in [0.717, 1.165) is 16.9 Å². The molecule has 0 fully saturated rings. The van der Waals surface area contributed by atoms with Crippen molar-refractivity contribution in [2.75, 3.05) is 5.32 Å². The Labute approximate surface area is 135 Å². The minimum Gasteiger partial charge on any atom is -0.481 e. The number of aryl methyl sites for hydroxylation is 1. The van der Waals surface area contributed by atoms with Crippen LogP contribution < -0.4 is 5.32 Å². The maximum atomic E-state index is 12.1. The third kappa shape index (κ3) is 4.46. The molecule has 0 bridgehead atoms. The molecule has 1 aromatic heterocycles. The molecule has 0 saturated carbocycles. The number of anilines is 1. The van der Waals surface area contributed by atoms with Gasteiger partial charge in [-0.3, -0.25) is 9.59 Å². The first-order valence-corrected chi connectivity index (χ1v) is 7.60. The molecule has 0 unspecified atom stereocenters. The van der Waals surface area contributed by atoms with Gasteiger partial charge in [-0.15, -0.1) is 11.3 Å². The minimum absolute atomic E-state index is 0.0450. The van der Waals surface area contributed by atoms with Gasteiger partial charge in [0.1, 0.15) is 4.34 Å². The number of nitrogens with one attached hydrogen (secondary N) is 1. The average molecular weight is 344 g/mol. The van der Waals surface area contributed by atoms with E-state index in [1.807, 2.05) is 6.07 Å². The third-order valence-corrected chi connectivity index (χ3v) is 4.20. The zero-order chi connectivity index (χ0) is 15.4. The number of benzene rings is 1. The summed E-state index contributed by atoms with van der Waals surface area (Å²) in [5.74, 6) is -1.21. The fourth-order valence-electron chi connectivity index (χ4n) is 1.75. The Kier molecular flexibility index (Phi) is 5.22. The van der Waals surface area contributed by atoms with Crippen molar-refractivity contribution in [1.82, 2.24) is 0 Å². The topological polar surface area (TPSA) is 66.4 Å². The summed E-state index contributed by atoms with van der Waals surface area (Å²) in [5, 5.41) is 11.4. The Morgan fingerprint density at radius 2 is 2.00 bits per heavy atom. The van der Waals surface area contributed by atoms with Gasteiger partial charge in [0.2, 0.25) is 0 Å². The summed E-state index contributed by atoms with van der Waals surface area (Å²) in [4.78, 5) is 22.6. The van der Waals surface area contributed by atoms with Crippen LogP contribution in [0.2, 0.25) is 8.67 Å². The van der Waals surface area contributed by atoms with E-state index in [2.05, 4.69) is 5.32 Å².